The number of carboxylic acid groups (broad SMARTS) is 1. The van der Waals surface area contributed by atoms with Crippen molar-refractivity contribution in [2.45, 2.75) is 0 Å². The summed E-state index contributed by atoms with van der Waals surface area (Å²) in [6, 6.07) is 3.85. The average Bonchev–Trinajstić information content (AvgIpc) is 2.89. The van der Waals surface area contributed by atoms with Gasteiger partial charge in [0.25, 0.3) is 5.56 Å². The Bertz CT molecular complexity index is 917. The van der Waals surface area contributed by atoms with Crippen LogP contribution in [0, 0.1) is 5.82 Å². The van der Waals surface area contributed by atoms with Gasteiger partial charge in [0.2, 0.25) is 0 Å². The summed E-state index contributed by atoms with van der Waals surface area (Å²) in [5, 5.41) is 15.6. The maximum atomic E-state index is 13.3. The molecule has 22 heavy (non-hydrogen) atoms. The molecule has 0 aliphatic rings. The first-order valence-corrected chi connectivity index (χ1v) is 6.23. The number of aromatic nitrogens is 4. The smallest absolute Gasteiger partial charge is 0.322 e. The van der Waals surface area contributed by atoms with Crippen LogP contribution in [0.15, 0.2) is 35.4 Å². The Morgan fingerprint density at radius 2 is 2.27 bits per heavy atom. The monoisotopic (exact) mass is 303 g/mol. The minimum absolute atomic E-state index is 0.209. The Hall–Kier alpha value is -3.23. The van der Waals surface area contributed by atoms with Crippen molar-refractivity contribution in [2.75, 3.05) is 11.9 Å². The standard InChI is InChI=1S/C13H10FN5O3/c14-7-3-8-9(5-17-13(8)16-4-7)19-11(20)2-1-10(18-19)15-6-12(21)22/h1-5H,6H2,(H,15,18)(H,16,17)(H,21,22). The van der Waals surface area contributed by atoms with E-state index in [2.05, 4.69) is 20.4 Å². The number of halogens is 1. The quantitative estimate of drug-likeness (QED) is 0.655. The molecule has 0 aliphatic heterocycles. The van der Waals surface area contributed by atoms with E-state index in [9.17, 15) is 14.0 Å². The predicted octanol–water partition coefficient (Wildman–Crippen LogP) is 0.744. The second kappa shape index (κ2) is 5.28. The summed E-state index contributed by atoms with van der Waals surface area (Å²) in [7, 11) is 0. The minimum atomic E-state index is -1.06. The molecule has 3 rings (SSSR count). The number of aliphatic carboxylic acids is 1. The SMILES string of the molecule is O=C(O)CNc1ccc(=O)n(-c2c[nH]c3ncc(F)cc23)n1. The van der Waals surface area contributed by atoms with E-state index in [1.165, 1.54) is 24.4 Å². The van der Waals surface area contributed by atoms with Gasteiger partial charge in [-0.1, -0.05) is 0 Å². The molecule has 0 atom stereocenters. The van der Waals surface area contributed by atoms with Crippen molar-refractivity contribution in [3.63, 3.8) is 0 Å². The summed E-state index contributed by atoms with van der Waals surface area (Å²) in [5.74, 6) is -1.39. The molecule has 0 aromatic carbocycles. The number of carboxylic acids is 1. The van der Waals surface area contributed by atoms with Crippen molar-refractivity contribution in [2.24, 2.45) is 0 Å². The molecule has 0 fully saturated rings. The highest BCUT2D eigenvalue weighted by molar-refractivity contribution is 5.85. The largest absolute Gasteiger partial charge is 0.480 e. The van der Waals surface area contributed by atoms with Gasteiger partial charge >= 0.3 is 5.97 Å². The number of rotatable bonds is 4. The van der Waals surface area contributed by atoms with Crippen LogP contribution in [0.2, 0.25) is 0 Å². The fourth-order valence-corrected chi connectivity index (χ4v) is 1.98. The number of anilines is 1. The van der Waals surface area contributed by atoms with Gasteiger partial charge in [0.05, 0.1) is 11.9 Å². The Morgan fingerprint density at radius 3 is 3.05 bits per heavy atom. The fraction of sp³-hybridized carbons (Fsp3) is 0.0769. The first-order valence-electron chi connectivity index (χ1n) is 6.23. The topological polar surface area (TPSA) is 113 Å². The molecular weight excluding hydrogens is 293 g/mol. The van der Waals surface area contributed by atoms with Crippen molar-refractivity contribution >= 4 is 22.8 Å². The first kappa shape index (κ1) is 13.7. The van der Waals surface area contributed by atoms with Crippen LogP contribution in [-0.2, 0) is 4.79 Å². The zero-order chi connectivity index (χ0) is 15.7. The van der Waals surface area contributed by atoms with Gasteiger partial charge in [-0.05, 0) is 12.1 Å². The summed E-state index contributed by atoms with van der Waals surface area (Å²) in [5.41, 5.74) is 0.297. The number of H-pyrrole nitrogens is 1. The molecule has 3 aromatic heterocycles. The minimum Gasteiger partial charge on any atom is -0.480 e. The molecule has 3 N–H and O–H groups in total. The van der Waals surface area contributed by atoms with Gasteiger partial charge in [-0.15, -0.1) is 5.10 Å². The van der Waals surface area contributed by atoms with Gasteiger partial charge < -0.3 is 15.4 Å². The van der Waals surface area contributed by atoms with Crippen LogP contribution in [0.4, 0.5) is 10.2 Å². The van der Waals surface area contributed by atoms with Crippen molar-refractivity contribution in [1.29, 1.82) is 0 Å². The van der Waals surface area contributed by atoms with Crippen molar-refractivity contribution in [3.8, 4) is 5.69 Å². The molecule has 0 radical (unpaired) electrons. The summed E-state index contributed by atoms with van der Waals surface area (Å²) >= 11 is 0. The second-order valence-electron chi connectivity index (χ2n) is 4.44. The number of hydrogen-bond donors (Lipinski definition) is 3. The predicted molar refractivity (Wildman–Crippen MR) is 75.6 cm³/mol. The van der Waals surface area contributed by atoms with Gasteiger partial charge in [-0.2, -0.15) is 4.68 Å². The second-order valence-corrected chi connectivity index (χ2v) is 4.44. The molecule has 3 aromatic rings. The number of pyridine rings is 1. The van der Waals surface area contributed by atoms with E-state index < -0.39 is 17.3 Å². The third kappa shape index (κ3) is 2.51. The van der Waals surface area contributed by atoms with Gasteiger partial charge in [0.15, 0.2) is 0 Å². The molecule has 0 unspecified atom stereocenters. The number of aromatic amines is 1. The molecule has 0 amide bonds. The molecule has 9 heteroatoms. The van der Waals surface area contributed by atoms with Crippen LogP contribution in [0.1, 0.15) is 0 Å². The third-order valence-electron chi connectivity index (χ3n) is 2.93. The number of nitrogens with zero attached hydrogens (tertiary/aromatic N) is 3. The number of fused-ring (bicyclic) bond motifs is 1. The van der Waals surface area contributed by atoms with E-state index in [1.807, 2.05) is 0 Å². The van der Waals surface area contributed by atoms with Crippen LogP contribution in [0.5, 0.6) is 0 Å². The fourth-order valence-electron chi connectivity index (χ4n) is 1.98. The highest BCUT2D eigenvalue weighted by Crippen LogP contribution is 2.19. The van der Waals surface area contributed by atoms with Crippen LogP contribution in [-0.4, -0.2) is 37.4 Å². The maximum absolute atomic E-state index is 13.3. The molecule has 112 valence electrons. The van der Waals surface area contributed by atoms with E-state index in [1.54, 1.807) is 0 Å². The third-order valence-corrected chi connectivity index (χ3v) is 2.93. The van der Waals surface area contributed by atoms with E-state index in [4.69, 9.17) is 5.11 Å². The van der Waals surface area contributed by atoms with Gasteiger partial charge in [-0.3, -0.25) is 9.59 Å². The Balaban J connectivity index is 2.09. The van der Waals surface area contributed by atoms with Crippen LogP contribution in [0.25, 0.3) is 16.7 Å². The van der Waals surface area contributed by atoms with E-state index in [-0.39, 0.29) is 12.4 Å². The van der Waals surface area contributed by atoms with Crippen LogP contribution >= 0.6 is 0 Å². The van der Waals surface area contributed by atoms with E-state index in [0.29, 0.717) is 16.7 Å². The summed E-state index contributed by atoms with van der Waals surface area (Å²) in [4.78, 5) is 29.2. The van der Waals surface area contributed by atoms with Crippen LogP contribution in [0.3, 0.4) is 0 Å². The number of carbonyl (C=O) groups is 1. The molecule has 0 bridgehead atoms. The Kier molecular flexibility index (Phi) is 3.30. The van der Waals surface area contributed by atoms with Gasteiger partial charge in [0.1, 0.15) is 23.8 Å². The molecule has 0 aliphatic carbocycles. The molecule has 0 saturated carbocycles. The highest BCUT2D eigenvalue weighted by atomic mass is 19.1. The lowest BCUT2D eigenvalue weighted by atomic mass is 10.3. The lowest BCUT2D eigenvalue weighted by Crippen LogP contribution is -2.22. The highest BCUT2D eigenvalue weighted by Gasteiger charge is 2.11. The lowest BCUT2D eigenvalue weighted by molar-refractivity contribution is -0.134. The molecule has 0 saturated heterocycles. The maximum Gasteiger partial charge on any atom is 0.322 e. The van der Waals surface area contributed by atoms with Crippen molar-refractivity contribution < 1.29 is 14.3 Å². The summed E-state index contributed by atoms with van der Waals surface area (Å²) in [6.45, 7) is -0.338. The Labute approximate surface area is 122 Å². The normalized spacial score (nSPS) is 10.8. The lowest BCUT2D eigenvalue weighted by Gasteiger charge is -2.06. The zero-order valence-electron chi connectivity index (χ0n) is 11.1. The molecule has 3 heterocycles. The van der Waals surface area contributed by atoms with Gasteiger partial charge in [-0.25, -0.2) is 9.37 Å². The average molecular weight is 303 g/mol. The molecule has 8 nitrogen and oxygen atoms in total. The van der Waals surface area contributed by atoms with Crippen molar-refractivity contribution in [3.05, 3.63) is 46.8 Å². The summed E-state index contributed by atoms with van der Waals surface area (Å²) < 4.78 is 14.4. The van der Waals surface area contributed by atoms with E-state index in [0.717, 1.165) is 10.9 Å². The number of nitrogens with one attached hydrogen (secondary N) is 2. The molecule has 0 spiro atoms. The zero-order valence-corrected chi connectivity index (χ0v) is 11.1. The number of hydrogen-bond acceptors (Lipinski definition) is 5. The molecular formula is C13H10FN5O3. The first-order chi connectivity index (χ1) is 10.5. The summed E-state index contributed by atoms with van der Waals surface area (Å²) in [6.07, 6.45) is 2.54. The Morgan fingerprint density at radius 1 is 1.45 bits per heavy atom. The van der Waals surface area contributed by atoms with Crippen LogP contribution < -0.4 is 10.9 Å². The van der Waals surface area contributed by atoms with Crippen molar-refractivity contribution in [1.82, 2.24) is 19.7 Å². The van der Waals surface area contributed by atoms with E-state index >= 15 is 0 Å². The van der Waals surface area contributed by atoms with Gasteiger partial charge in [0, 0.05) is 17.6 Å².